The largest absolute Gasteiger partial charge is 0.496 e. The maximum absolute atomic E-state index is 12.8. The zero-order chi connectivity index (χ0) is 19.2. The van der Waals surface area contributed by atoms with Gasteiger partial charge in [0, 0.05) is 10.9 Å². The van der Waals surface area contributed by atoms with Crippen LogP contribution in [0.3, 0.4) is 0 Å². The quantitative estimate of drug-likeness (QED) is 0.650. The highest BCUT2D eigenvalue weighted by Gasteiger charge is 2.22. The summed E-state index contributed by atoms with van der Waals surface area (Å²) in [5, 5.41) is 5.14. The lowest BCUT2D eigenvalue weighted by Gasteiger charge is -2.22. The molecule has 0 aliphatic rings. The maximum atomic E-state index is 12.8. The molecule has 3 aromatic carbocycles. The molecule has 27 heavy (non-hydrogen) atoms. The Balaban J connectivity index is 1.76. The highest BCUT2D eigenvalue weighted by Crippen LogP contribution is 2.27. The predicted octanol–water partition coefficient (Wildman–Crippen LogP) is 4.88. The first-order valence-electron chi connectivity index (χ1n) is 9.21. The summed E-state index contributed by atoms with van der Waals surface area (Å²) >= 11 is 0. The summed E-state index contributed by atoms with van der Waals surface area (Å²) in [6.45, 7) is 3.89. The van der Waals surface area contributed by atoms with E-state index < -0.39 is 6.10 Å². The van der Waals surface area contributed by atoms with Crippen molar-refractivity contribution in [3.63, 3.8) is 0 Å². The minimum Gasteiger partial charge on any atom is -0.496 e. The molecular formula is C23H25NO3. The van der Waals surface area contributed by atoms with Gasteiger partial charge in [-0.3, -0.25) is 4.79 Å². The third-order valence-electron chi connectivity index (χ3n) is 4.65. The van der Waals surface area contributed by atoms with Gasteiger partial charge < -0.3 is 14.8 Å². The third kappa shape index (κ3) is 4.22. The van der Waals surface area contributed by atoms with Crippen molar-refractivity contribution in [3.05, 3.63) is 72.3 Å². The van der Waals surface area contributed by atoms with Crippen LogP contribution in [0.2, 0.25) is 0 Å². The van der Waals surface area contributed by atoms with Crippen LogP contribution in [0.15, 0.2) is 66.7 Å². The minimum absolute atomic E-state index is 0.135. The van der Waals surface area contributed by atoms with E-state index in [0.717, 1.165) is 27.8 Å². The molecule has 0 heterocycles. The van der Waals surface area contributed by atoms with E-state index >= 15 is 0 Å². The Labute approximate surface area is 160 Å². The topological polar surface area (TPSA) is 47.6 Å². The number of hydrogen-bond donors (Lipinski definition) is 1. The minimum atomic E-state index is -0.562. The van der Waals surface area contributed by atoms with Crippen molar-refractivity contribution in [2.45, 2.75) is 32.4 Å². The van der Waals surface area contributed by atoms with Crippen LogP contribution in [0.25, 0.3) is 10.8 Å². The zero-order valence-electron chi connectivity index (χ0n) is 15.9. The number of carbonyl (C=O) groups excluding carboxylic acids is 1. The molecule has 1 amide bonds. The van der Waals surface area contributed by atoms with Crippen LogP contribution < -0.4 is 14.8 Å². The summed E-state index contributed by atoms with van der Waals surface area (Å²) in [4.78, 5) is 12.8. The van der Waals surface area contributed by atoms with Gasteiger partial charge in [0.25, 0.3) is 5.91 Å². The summed E-state index contributed by atoms with van der Waals surface area (Å²) in [5.74, 6) is 1.34. The van der Waals surface area contributed by atoms with Gasteiger partial charge in [-0.1, -0.05) is 61.5 Å². The molecule has 0 aliphatic carbocycles. The van der Waals surface area contributed by atoms with E-state index in [9.17, 15) is 4.79 Å². The predicted molar refractivity (Wildman–Crippen MR) is 108 cm³/mol. The van der Waals surface area contributed by atoms with Crippen LogP contribution >= 0.6 is 0 Å². The number of benzene rings is 3. The highest BCUT2D eigenvalue weighted by atomic mass is 16.5. The summed E-state index contributed by atoms with van der Waals surface area (Å²) in [6, 6.07) is 21.4. The Bertz CT molecular complexity index is 917. The number of nitrogens with one attached hydrogen (secondary N) is 1. The first-order valence-corrected chi connectivity index (χ1v) is 9.21. The lowest BCUT2D eigenvalue weighted by atomic mass is 10.1. The fourth-order valence-corrected chi connectivity index (χ4v) is 3.18. The Morgan fingerprint density at radius 2 is 1.63 bits per heavy atom. The van der Waals surface area contributed by atoms with Gasteiger partial charge in [-0.15, -0.1) is 0 Å². The van der Waals surface area contributed by atoms with Crippen molar-refractivity contribution >= 4 is 16.7 Å². The molecule has 0 aromatic heterocycles. The normalized spacial score (nSPS) is 13.0. The van der Waals surface area contributed by atoms with E-state index in [-0.39, 0.29) is 11.9 Å². The molecule has 0 saturated carbocycles. The molecule has 0 bridgehead atoms. The molecule has 0 saturated heterocycles. The number of fused-ring (bicyclic) bond motifs is 1. The number of rotatable bonds is 7. The number of para-hydroxylation sites is 1. The molecule has 0 radical (unpaired) electrons. The fraction of sp³-hybridized carbons (Fsp3) is 0.261. The Hall–Kier alpha value is -3.01. The SMILES string of the molecule is CC[C@H](Oc1cccc2ccccc12)C(=O)N[C@H](C)c1ccccc1OC. The number of hydrogen-bond acceptors (Lipinski definition) is 3. The summed E-state index contributed by atoms with van der Waals surface area (Å²) in [6.07, 6.45) is 0.0150. The lowest BCUT2D eigenvalue weighted by Crippen LogP contribution is -2.39. The molecular weight excluding hydrogens is 338 g/mol. The van der Waals surface area contributed by atoms with Crippen LogP contribution in [0.5, 0.6) is 11.5 Å². The van der Waals surface area contributed by atoms with E-state index in [4.69, 9.17) is 9.47 Å². The summed E-state index contributed by atoms with van der Waals surface area (Å²) in [5.41, 5.74) is 0.938. The first kappa shape index (κ1) is 18.8. The van der Waals surface area contributed by atoms with Gasteiger partial charge >= 0.3 is 0 Å². The number of ether oxygens (including phenoxy) is 2. The van der Waals surface area contributed by atoms with Crippen LogP contribution in [0.1, 0.15) is 31.9 Å². The maximum Gasteiger partial charge on any atom is 0.261 e. The van der Waals surface area contributed by atoms with Crippen molar-refractivity contribution in [1.29, 1.82) is 0 Å². The molecule has 4 nitrogen and oxygen atoms in total. The molecule has 140 valence electrons. The van der Waals surface area contributed by atoms with E-state index in [1.54, 1.807) is 7.11 Å². The van der Waals surface area contributed by atoms with E-state index in [1.165, 1.54) is 0 Å². The molecule has 1 N–H and O–H groups in total. The van der Waals surface area contributed by atoms with Gasteiger partial charge in [-0.2, -0.15) is 0 Å². The zero-order valence-corrected chi connectivity index (χ0v) is 15.9. The molecule has 0 spiro atoms. The molecule has 3 aromatic rings. The second-order valence-corrected chi connectivity index (χ2v) is 6.46. The van der Waals surface area contributed by atoms with Crippen LogP contribution in [-0.2, 0) is 4.79 Å². The molecule has 2 atom stereocenters. The summed E-state index contributed by atoms with van der Waals surface area (Å²) < 4.78 is 11.5. The molecule has 3 rings (SSSR count). The van der Waals surface area contributed by atoms with E-state index in [1.807, 2.05) is 80.6 Å². The van der Waals surface area contributed by atoms with Crippen molar-refractivity contribution in [2.75, 3.05) is 7.11 Å². The van der Waals surface area contributed by atoms with Gasteiger partial charge in [-0.05, 0) is 30.9 Å². The number of amides is 1. The first-order chi connectivity index (χ1) is 13.1. The van der Waals surface area contributed by atoms with Gasteiger partial charge in [-0.25, -0.2) is 0 Å². The Morgan fingerprint density at radius 1 is 0.963 bits per heavy atom. The third-order valence-corrected chi connectivity index (χ3v) is 4.65. The lowest BCUT2D eigenvalue weighted by molar-refractivity contribution is -0.128. The van der Waals surface area contributed by atoms with Crippen LogP contribution in [0, 0.1) is 0 Å². The Morgan fingerprint density at radius 3 is 2.41 bits per heavy atom. The van der Waals surface area contributed by atoms with E-state index in [0.29, 0.717) is 6.42 Å². The number of methoxy groups -OCH3 is 1. The highest BCUT2D eigenvalue weighted by molar-refractivity contribution is 5.89. The van der Waals surface area contributed by atoms with E-state index in [2.05, 4.69) is 5.32 Å². The molecule has 4 heteroatoms. The summed E-state index contributed by atoms with van der Waals surface area (Å²) in [7, 11) is 1.63. The smallest absolute Gasteiger partial charge is 0.261 e. The van der Waals surface area contributed by atoms with Gasteiger partial charge in [0.15, 0.2) is 6.10 Å². The van der Waals surface area contributed by atoms with Gasteiger partial charge in [0.2, 0.25) is 0 Å². The second kappa shape index (κ2) is 8.58. The van der Waals surface area contributed by atoms with Crippen molar-refractivity contribution in [2.24, 2.45) is 0 Å². The van der Waals surface area contributed by atoms with Gasteiger partial charge in [0.05, 0.1) is 13.2 Å². The monoisotopic (exact) mass is 363 g/mol. The second-order valence-electron chi connectivity index (χ2n) is 6.46. The number of carbonyl (C=O) groups is 1. The van der Waals surface area contributed by atoms with Crippen LogP contribution in [0.4, 0.5) is 0 Å². The molecule has 0 aliphatic heterocycles. The Kier molecular flexibility index (Phi) is 5.97. The molecule has 0 fully saturated rings. The fourth-order valence-electron chi connectivity index (χ4n) is 3.18. The van der Waals surface area contributed by atoms with Crippen molar-refractivity contribution in [3.8, 4) is 11.5 Å². The standard InChI is InChI=1S/C23H25NO3/c1-4-20(27-22-15-9-11-17-10-5-6-13-19(17)22)23(25)24-16(2)18-12-7-8-14-21(18)26-3/h5-16,20H,4H2,1-3H3,(H,24,25)/t16-,20+/m1/s1. The van der Waals surface area contributed by atoms with Crippen molar-refractivity contribution in [1.82, 2.24) is 5.32 Å². The van der Waals surface area contributed by atoms with Crippen molar-refractivity contribution < 1.29 is 14.3 Å². The average molecular weight is 363 g/mol. The average Bonchev–Trinajstić information content (AvgIpc) is 2.71. The van der Waals surface area contributed by atoms with Gasteiger partial charge in [0.1, 0.15) is 11.5 Å². The molecule has 0 unspecified atom stereocenters. The van der Waals surface area contributed by atoms with Crippen LogP contribution in [-0.4, -0.2) is 19.1 Å².